The lowest BCUT2D eigenvalue weighted by Crippen LogP contribution is -2.07. The van der Waals surface area contributed by atoms with Gasteiger partial charge in [0.1, 0.15) is 11.6 Å². The number of hydrogen-bond acceptors (Lipinski definition) is 5. The predicted octanol–water partition coefficient (Wildman–Crippen LogP) is 1.78. The molecular formula is C10H14N4O2. The summed E-state index contributed by atoms with van der Waals surface area (Å²) in [7, 11) is 0. The lowest BCUT2D eigenvalue weighted by molar-refractivity contribution is -0.384. The highest BCUT2D eigenvalue weighted by molar-refractivity contribution is 5.53. The molecule has 1 saturated carbocycles. The fourth-order valence-corrected chi connectivity index (χ4v) is 1.78. The van der Waals surface area contributed by atoms with Gasteiger partial charge in [-0.25, -0.2) is 4.98 Å². The van der Waals surface area contributed by atoms with Crippen LogP contribution in [-0.4, -0.2) is 15.9 Å². The van der Waals surface area contributed by atoms with Gasteiger partial charge in [0.25, 0.3) is 5.69 Å². The number of nitrogens with zero attached hydrogens (tertiary/aromatic N) is 2. The normalized spacial score (nSPS) is 22.8. The summed E-state index contributed by atoms with van der Waals surface area (Å²) < 4.78 is 0. The third-order valence-electron chi connectivity index (χ3n) is 2.82. The molecule has 0 saturated heterocycles. The standard InChI is InChI=1S/C10H14N4O2/c1-2-6-3-8(6)12-10-5-7(14(15)16)4-9(11)13-10/h4-6,8H,2-3H2,1H3,(H3,11,12,13). The predicted molar refractivity (Wildman–Crippen MR) is 61.1 cm³/mol. The number of hydrogen-bond donors (Lipinski definition) is 2. The molecule has 1 aromatic heterocycles. The van der Waals surface area contributed by atoms with E-state index in [-0.39, 0.29) is 11.5 Å². The van der Waals surface area contributed by atoms with E-state index in [0.29, 0.717) is 17.8 Å². The summed E-state index contributed by atoms with van der Waals surface area (Å²) in [4.78, 5) is 14.2. The van der Waals surface area contributed by atoms with Crippen molar-refractivity contribution < 1.29 is 4.92 Å². The molecule has 0 spiro atoms. The SMILES string of the molecule is CCC1CC1Nc1cc([N+](=O)[O-])cc(N)n1. The lowest BCUT2D eigenvalue weighted by atomic mass is 10.3. The number of nitrogens with two attached hydrogens (primary N) is 1. The molecule has 0 aromatic carbocycles. The minimum Gasteiger partial charge on any atom is -0.383 e. The molecule has 3 N–H and O–H groups in total. The topological polar surface area (TPSA) is 94.1 Å². The molecule has 0 radical (unpaired) electrons. The highest BCUT2D eigenvalue weighted by atomic mass is 16.6. The Kier molecular flexibility index (Phi) is 2.64. The summed E-state index contributed by atoms with van der Waals surface area (Å²) in [6, 6.07) is 3.07. The van der Waals surface area contributed by atoms with E-state index in [2.05, 4.69) is 17.2 Å². The van der Waals surface area contributed by atoms with Crippen molar-refractivity contribution in [2.24, 2.45) is 5.92 Å². The molecule has 0 amide bonds. The van der Waals surface area contributed by atoms with Crippen LogP contribution in [0.4, 0.5) is 17.3 Å². The molecule has 1 aliphatic carbocycles. The first-order valence-electron chi connectivity index (χ1n) is 5.28. The van der Waals surface area contributed by atoms with Crippen LogP contribution in [0.3, 0.4) is 0 Å². The minimum absolute atomic E-state index is 0.0244. The van der Waals surface area contributed by atoms with Crippen molar-refractivity contribution in [1.29, 1.82) is 0 Å². The van der Waals surface area contributed by atoms with Crippen molar-refractivity contribution in [3.05, 3.63) is 22.2 Å². The third-order valence-corrected chi connectivity index (χ3v) is 2.82. The summed E-state index contributed by atoms with van der Waals surface area (Å²) in [6.45, 7) is 2.13. The van der Waals surface area contributed by atoms with E-state index in [4.69, 9.17) is 5.73 Å². The smallest absolute Gasteiger partial charge is 0.276 e. The van der Waals surface area contributed by atoms with E-state index in [9.17, 15) is 10.1 Å². The first-order valence-corrected chi connectivity index (χ1v) is 5.28. The molecular weight excluding hydrogens is 208 g/mol. The van der Waals surface area contributed by atoms with Crippen LogP contribution in [-0.2, 0) is 0 Å². The van der Waals surface area contributed by atoms with Crippen molar-refractivity contribution in [2.45, 2.75) is 25.8 Å². The van der Waals surface area contributed by atoms with Gasteiger partial charge in [0, 0.05) is 6.04 Å². The van der Waals surface area contributed by atoms with Crippen LogP contribution in [0.1, 0.15) is 19.8 Å². The molecule has 2 unspecified atom stereocenters. The second-order valence-electron chi connectivity index (χ2n) is 4.05. The van der Waals surface area contributed by atoms with E-state index in [1.165, 1.54) is 12.1 Å². The van der Waals surface area contributed by atoms with Crippen molar-refractivity contribution >= 4 is 17.3 Å². The summed E-state index contributed by atoms with van der Waals surface area (Å²) in [5.41, 5.74) is 5.48. The van der Waals surface area contributed by atoms with Crippen LogP contribution in [0.5, 0.6) is 0 Å². The van der Waals surface area contributed by atoms with Gasteiger partial charge in [-0.1, -0.05) is 13.3 Å². The average Bonchev–Trinajstić information content (AvgIpc) is 2.95. The number of pyridine rings is 1. The average molecular weight is 222 g/mol. The van der Waals surface area contributed by atoms with Crippen molar-refractivity contribution in [1.82, 2.24) is 4.98 Å². The third kappa shape index (κ3) is 2.21. The Morgan fingerprint density at radius 2 is 2.44 bits per heavy atom. The molecule has 1 aromatic rings. The van der Waals surface area contributed by atoms with Crippen LogP contribution in [0.25, 0.3) is 0 Å². The van der Waals surface area contributed by atoms with Crippen LogP contribution >= 0.6 is 0 Å². The van der Waals surface area contributed by atoms with E-state index >= 15 is 0 Å². The molecule has 86 valence electrons. The quantitative estimate of drug-likeness (QED) is 0.598. The zero-order valence-electron chi connectivity index (χ0n) is 9.01. The van der Waals surface area contributed by atoms with Gasteiger partial charge in [-0.2, -0.15) is 0 Å². The first-order chi connectivity index (χ1) is 7.60. The second kappa shape index (κ2) is 3.96. The van der Waals surface area contributed by atoms with E-state index in [1.54, 1.807) is 0 Å². The summed E-state index contributed by atoms with van der Waals surface area (Å²) >= 11 is 0. The van der Waals surface area contributed by atoms with Gasteiger partial charge in [0.2, 0.25) is 0 Å². The van der Waals surface area contributed by atoms with E-state index < -0.39 is 4.92 Å². The molecule has 6 heteroatoms. The van der Waals surface area contributed by atoms with Crippen LogP contribution in [0.15, 0.2) is 12.1 Å². The highest BCUT2D eigenvalue weighted by Gasteiger charge is 2.35. The number of nitrogen functional groups attached to an aromatic ring is 1. The Hall–Kier alpha value is -1.85. The Morgan fingerprint density at radius 3 is 3.00 bits per heavy atom. The van der Waals surface area contributed by atoms with Crippen LogP contribution in [0, 0.1) is 16.0 Å². The number of nitrogens with one attached hydrogen (secondary N) is 1. The maximum Gasteiger partial charge on any atom is 0.276 e. The zero-order valence-corrected chi connectivity index (χ0v) is 9.01. The Labute approximate surface area is 93.0 Å². The van der Waals surface area contributed by atoms with Gasteiger partial charge < -0.3 is 11.1 Å². The second-order valence-corrected chi connectivity index (χ2v) is 4.05. The van der Waals surface area contributed by atoms with Gasteiger partial charge >= 0.3 is 0 Å². The molecule has 2 atom stereocenters. The monoisotopic (exact) mass is 222 g/mol. The van der Waals surface area contributed by atoms with Crippen molar-refractivity contribution in [3.8, 4) is 0 Å². The molecule has 16 heavy (non-hydrogen) atoms. The summed E-state index contributed by atoms with van der Waals surface area (Å²) in [5.74, 6) is 1.32. The fraction of sp³-hybridized carbons (Fsp3) is 0.500. The molecule has 6 nitrogen and oxygen atoms in total. The molecule has 1 fully saturated rings. The Bertz CT molecular complexity index is 421. The molecule has 1 aliphatic rings. The number of nitro groups is 1. The largest absolute Gasteiger partial charge is 0.383 e. The van der Waals surface area contributed by atoms with E-state index in [0.717, 1.165) is 12.8 Å². The lowest BCUT2D eigenvalue weighted by Gasteiger charge is -2.05. The van der Waals surface area contributed by atoms with Gasteiger partial charge in [-0.15, -0.1) is 0 Å². The maximum atomic E-state index is 10.6. The Balaban J connectivity index is 2.12. The number of rotatable bonds is 4. The summed E-state index contributed by atoms with van der Waals surface area (Å²) in [5, 5.41) is 13.8. The van der Waals surface area contributed by atoms with Gasteiger partial charge in [-0.3, -0.25) is 10.1 Å². The fourth-order valence-electron chi connectivity index (χ4n) is 1.78. The van der Waals surface area contributed by atoms with Gasteiger partial charge in [0.15, 0.2) is 0 Å². The van der Waals surface area contributed by atoms with Gasteiger partial charge in [0.05, 0.1) is 17.1 Å². The van der Waals surface area contributed by atoms with Gasteiger partial charge in [-0.05, 0) is 12.3 Å². The van der Waals surface area contributed by atoms with E-state index in [1.807, 2.05) is 0 Å². The molecule has 1 heterocycles. The Morgan fingerprint density at radius 1 is 1.69 bits per heavy atom. The molecule has 0 aliphatic heterocycles. The maximum absolute atomic E-state index is 10.6. The number of aromatic nitrogens is 1. The minimum atomic E-state index is -0.465. The van der Waals surface area contributed by atoms with Crippen LogP contribution in [0.2, 0.25) is 0 Å². The summed E-state index contributed by atoms with van der Waals surface area (Å²) in [6.07, 6.45) is 2.21. The van der Waals surface area contributed by atoms with Crippen molar-refractivity contribution in [2.75, 3.05) is 11.1 Å². The van der Waals surface area contributed by atoms with Crippen LogP contribution < -0.4 is 11.1 Å². The molecule has 0 bridgehead atoms. The number of anilines is 2. The first kappa shape index (κ1) is 10.7. The molecule has 2 rings (SSSR count). The zero-order chi connectivity index (χ0) is 11.7. The van der Waals surface area contributed by atoms with Crippen molar-refractivity contribution in [3.63, 3.8) is 0 Å². The highest BCUT2D eigenvalue weighted by Crippen LogP contribution is 2.36.